The smallest absolute Gasteiger partial charge is 0.273 e. The lowest BCUT2D eigenvalue weighted by Gasteiger charge is -2.30. The molecule has 11 heteroatoms. The third-order valence-electron chi connectivity index (χ3n) is 7.14. The average Bonchev–Trinajstić information content (AvgIpc) is 3.22. The number of Topliss-reactive ketones (excluding diaryl/α,β-unsaturated/α-hetero) is 1. The van der Waals surface area contributed by atoms with E-state index in [0.717, 1.165) is 22.9 Å². The van der Waals surface area contributed by atoms with Crippen LogP contribution >= 0.6 is 11.6 Å². The van der Waals surface area contributed by atoms with Crippen molar-refractivity contribution in [1.29, 1.82) is 0 Å². The van der Waals surface area contributed by atoms with Crippen LogP contribution in [0.2, 0.25) is 5.02 Å². The van der Waals surface area contributed by atoms with Gasteiger partial charge in [0.2, 0.25) is 0 Å². The topological polar surface area (TPSA) is 127 Å². The van der Waals surface area contributed by atoms with Gasteiger partial charge in [-0.15, -0.1) is 0 Å². The van der Waals surface area contributed by atoms with Gasteiger partial charge >= 0.3 is 0 Å². The van der Waals surface area contributed by atoms with Crippen molar-refractivity contribution < 1.29 is 28.8 Å². The highest BCUT2D eigenvalue weighted by Crippen LogP contribution is 2.39. The molecule has 2 atom stereocenters. The lowest BCUT2D eigenvalue weighted by Crippen LogP contribution is -2.52. The standard InChI is InChI=1S/C29H24ClN3O7/c30-20-9-5-19(6-10-20)27(35)31(32-28(36)24-3-1-2-4-25(24)29(32)37)17-26(34)18-7-13-22(14-8-18)40-23-15-11-21(12-16-23)33(38)39/h5-16,24-25H,1-4,17H2/t24-,25-/m0/s1. The van der Waals surface area contributed by atoms with E-state index in [9.17, 15) is 29.3 Å². The Morgan fingerprint density at radius 1 is 0.850 bits per heavy atom. The molecule has 3 aromatic carbocycles. The Balaban J connectivity index is 1.36. The first-order valence-electron chi connectivity index (χ1n) is 12.7. The zero-order chi connectivity index (χ0) is 28.4. The number of hydrogen-bond acceptors (Lipinski definition) is 7. The number of hydrazine groups is 1. The van der Waals surface area contributed by atoms with E-state index in [2.05, 4.69) is 0 Å². The number of carbonyl (C=O) groups excluding carboxylic acids is 4. The summed E-state index contributed by atoms with van der Waals surface area (Å²) in [6, 6.07) is 17.6. The number of imide groups is 1. The number of non-ortho nitro benzene ring substituents is 1. The average molecular weight is 562 g/mol. The van der Waals surface area contributed by atoms with Crippen molar-refractivity contribution in [3.63, 3.8) is 0 Å². The monoisotopic (exact) mass is 561 g/mol. The zero-order valence-corrected chi connectivity index (χ0v) is 22.0. The van der Waals surface area contributed by atoms with E-state index in [0.29, 0.717) is 29.4 Å². The van der Waals surface area contributed by atoms with Gasteiger partial charge in [-0.05, 0) is 73.5 Å². The first-order valence-corrected chi connectivity index (χ1v) is 13.1. The Morgan fingerprint density at radius 3 is 1.88 bits per heavy atom. The highest BCUT2D eigenvalue weighted by molar-refractivity contribution is 6.30. The summed E-state index contributed by atoms with van der Waals surface area (Å²) in [4.78, 5) is 63.8. The Bertz CT molecular complexity index is 1450. The van der Waals surface area contributed by atoms with Gasteiger partial charge in [0.1, 0.15) is 18.0 Å². The number of nitrogens with zero attached hydrogens (tertiary/aromatic N) is 3. The minimum absolute atomic E-state index is 0.0692. The van der Waals surface area contributed by atoms with Crippen molar-refractivity contribution in [2.45, 2.75) is 25.7 Å². The number of ether oxygens (including phenoxy) is 1. The summed E-state index contributed by atoms with van der Waals surface area (Å²) in [7, 11) is 0. The van der Waals surface area contributed by atoms with Gasteiger partial charge in [-0.2, -0.15) is 5.01 Å². The van der Waals surface area contributed by atoms with Crippen molar-refractivity contribution in [1.82, 2.24) is 10.0 Å². The van der Waals surface area contributed by atoms with E-state index >= 15 is 0 Å². The van der Waals surface area contributed by atoms with Gasteiger partial charge in [0, 0.05) is 28.3 Å². The zero-order valence-electron chi connectivity index (χ0n) is 21.2. The Morgan fingerprint density at radius 2 is 1.35 bits per heavy atom. The van der Waals surface area contributed by atoms with Crippen LogP contribution in [0.3, 0.4) is 0 Å². The molecule has 40 heavy (non-hydrogen) atoms. The lowest BCUT2D eigenvalue weighted by atomic mass is 9.81. The van der Waals surface area contributed by atoms with Crippen LogP contribution in [-0.2, 0) is 9.59 Å². The summed E-state index contributed by atoms with van der Waals surface area (Å²) in [5.74, 6) is -2.30. The number of amides is 3. The molecule has 1 aliphatic carbocycles. The molecule has 1 heterocycles. The molecule has 3 aromatic rings. The van der Waals surface area contributed by atoms with E-state index < -0.39 is 46.8 Å². The van der Waals surface area contributed by atoms with E-state index in [-0.39, 0.29) is 16.8 Å². The van der Waals surface area contributed by atoms with Crippen molar-refractivity contribution in [3.8, 4) is 11.5 Å². The summed E-state index contributed by atoms with van der Waals surface area (Å²) in [5.41, 5.74) is 0.348. The maximum absolute atomic E-state index is 13.6. The van der Waals surface area contributed by atoms with Crippen LogP contribution in [0.15, 0.2) is 72.8 Å². The Hall–Kier alpha value is -4.57. The van der Waals surface area contributed by atoms with Crippen LogP contribution in [0, 0.1) is 22.0 Å². The van der Waals surface area contributed by atoms with E-state index in [4.69, 9.17) is 16.3 Å². The van der Waals surface area contributed by atoms with Gasteiger partial charge in [0.15, 0.2) is 5.78 Å². The van der Waals surface area contributed by atoms with E-state index in [1.54, 1.807) is 12.1 Å². The van der Waals surface area contributed by atoms with Gasteiger partial charge in [0.05, 0.1) is 16.8 Å². The highest BCUT2D eigenvalue weighted by Gasteiger charge is 2.51. The number of benzene rings is 3. The van der Waals surface area contributed by atoms with E-state index in [1.165, 1.54) is 60.7 Å². The summed E-state index contributed by atoms with van der Waals surface area (Å²) in [5, 5.41) is 13.0. The molecule has 0 radical (unpaired) electrons. The molecule has 1 aliphatic heterocycles. The van der Waals surface area contributed by atoms with Gasteiger partial charge in [-0.25, -0.2) is 5.01 Å². The number of rotatable bonds is 8. The molecule has 10 nitrogen and oxygen atoms in total. The predicted molar refractivity (Wildman–Crippen MR) is 144 cm³/mol. The van der Waals surface area contributed by atoms with Crippen molar-refractivity contribution >= 4 is 40.8 Å². The normalized spacial score (nSPS) is 18.3. The number of nitro benzene ring substituents is 1. The van der Waals surface area contributed by atoms with Crippen molar-refractivity contribution in [2.24, 2.45) is 11.8 Å². The number of nitro groups is 1. The molecule has 1 saturated carbocycles. The molecule has 2 aliphatic rings. The van der Waals surface area contributed by atoms with Crippen molar-refractivity contribution in [3.05, 3.63) is 99.1 Å². The van der Waals surface area contributed by atoms with Gasteiger partial charge in [-0.1, -0.05) is 24.4 Å². The van der Waals surface area contributed by atoms with Gasteiger partial charge < -0.3 is 4.74 Å². The second kappa shape index (κ2) is 11.3. The fourth-order valence-corrected chi connectivity index (χ4v) is 5.19. The molecule has 0 aromatic heterocycles. The third-order valence-corrected chi connectivity index (χ3v) is 7.39. The summed E-state index contributed by atoms with van der Waals surface area (Å²) in [6.07, 6.45) is 2.79. The van der Waals surface area contributed by atoms with Gasteiger partial charge in [0.25, 0.3) is 23.4 Å². The minimum Gasteiger partial charge on any atom is -0.457 e. The third kappa shape index (κ3) is 5.43. The molecule has 1 saturated heterocycles. The number of halogens is 1. The first-order chi connectivity index (χ1) is 19.2. The maximum atomic E-state index is 13.6. The van der Waals surface area contributed by atoms with E-state index in [1.807, 2.05) is 0 Å². The van der Waals surface area contributed by atoms with Crippen LogP contribution in [-0.4, -0.2) is 45.0 Å². The first kappa shape index (κ1) is 27.0. The van der Waals surface area contributed by atoms with Crippen LogP contribution < -0.4 is 4.74 Å². The quantitative estimate of drug-likeness (QED) is 0.155. The predicted octanol–water partition coefficient (Wildman–Crippen LogP) is 5.46. The van der Waals surface area contributed by atoms with Crippen LogP contribution in [0.1, 0.15) is 46.4 Å². The maximum Gasteiger partial charge on any atom is 0.273 e. The fourth-order valence-electron chi connectivity index (χ4n) is 5.07. The summed E-state index contributed by atoms with van der Waals surface area (Å²) >= 11 is 5.96. The lowest BCUT2D eigenvalue weighted by molar-refractivity contribution is -0.384. The van der Waals surface area contributed by atoms with Crippen LogP contribution in [0.4, 0.5) is 5.69 Å². The van der Waals surface area contributed by atoms with Crippen LogP contribution in [0.25, 0.3) is 0 Å². The molecule has 0 spiro atoms. The largest absolute Gasteiger partial charge is 0.457 e. The van der Waals surface area contributed by atoms with Crippen molar-refractivity contribution in [2.75, 3.05) is 6.54 Å². The molecule has 3 amide bonds. The minimum atomic E-state index is -0.663. The fraction of sp³-hybridized carbons (Fsp3) is 0.241. The highest BCUT2D eigenvalue weighted by atomic mass is 35.5. The van der Waals surface area contributed by atoms with Crippen LogP contribution in [0.5, 0.6) is 11.5 Å². The SMILES string of the molecule is O=C(CN(C(=O)c1ccc(Cl)cc1)N1C(=O)[C@H]2CCCC[C@@H]2C1=O)c1ccc(Oc2ccc([N+](=O)[O-])cc2)cc1. The summed E-state index contributed by atoms with van der Waals surface area (Å²) in [6.45, 7) is -0.527. The second-order valence-electron chi connectivity index (χ2n) is 9.66. The molecular weight excluding hydrogens is 538 g/mol. The molecule has 0 bridgehead atoms. The summed E-state index contributed by atoms with van der Waals surface area (Å²) < 4.78 is 5.69. The molecule has 2 fully saturated rings. The molecule has 0 N–H and O–H groups in total. The number of fused-ring (bicyclic) bond motifs is 1. The number of ketones is 1. The number of hydrogen-bond donors (Lipinski definition) is 0. The Kier molecular flexibility index (Phi) is 7.61. The number of carbonyl (C=O) groups is 4. The molecule has 0 unspecified atom stereocenters. The molecule has 5 rings (SSSR count). The Labute approximate surface area is 234 Å². The molecule has 204 valence electrons. The molecular formula is C29H24ClN3O7. The second-order valence-corrected chi connectivity index (χ2v) is 10.1. The van der Waals surface area contributed by atoms with Gasteiger partial charge in [-0.3, -0.25) is 29.3 Å².